The molecule has 2 aliphatic heterocycles. The Bertz CT molecular complexity index is 1300. The number of hydrogen-bond acceptors (Lipinski definition) is 6. The number of amides is 1. The lowest BCUT2D eigenvalue weighted by Crippen LogP contribution is -2.30. The van der Waals surface area contributed by atoms with Crippen LogP contribution in [0.5, 0.6) is 0 Å². The normalized spacial score (nSPS) is 19.2. The molecule has 2 aliphatic rings. The molecule has 8 heteroatoms. The molecule has 3 aromatic rings. The summed E-state index contributed by atoms with van der Waals surface area (Å²) in [5.41, 5.74) is 4.10. The molecule has 3 heterocycles. The monoisotopic (exact) mass is 463 g/mol. The molecule has 7 nitrogen and oxygen atoms in total. The van der Waals surface area contributed by atoms with E-state index in [1.54, 1.807) is 6.20 Å². The van der Waals surface area contributed by atoms with Gasteiger partial charge in [0.2, 0.25) is 5.91 Å². The zero-order valence-corrected chi connectivity index (χ0v) is 19.5. The van der Waals surface area contributed by atoms with Gasteiger partial charge >= 0.3 is 7.60 Å². The first-order chi connectivity index (χ1) is 15.8. The lowest BCUT2D eigenvalue weighted by atomic mass is 9.97. The summed E-state index contributed by atoms with van der Waals surface area (Å²) in [6, 6.07) is 15.6. The summed E-state index contributed by atoms with van der Waals surface area (Å²) in [7, 11) is -3.49. The number of anilines is 2. The highest BCUT2D eigenvalue weighted by molar-refractivity contribution is 7.58. The van der Waals surface area contributed by atoms with Crippen LogP contribution in [0.25, 0.3) is 17.0 Å². The Kier molecular flexibility index (Phi) is 5.57. The van der Waals surface area contributed by atoms with Crippen LogP contribution in [0.2, 0.25) is 0 Å². The van der Waals surface area contributed by atoms with Gasteiger partial charge < -0.3 is 19.7 Å². The molecule has 1 saturated heterocycles. The molecule has 0 unspecified atom stereocenters. The van der Waals surface area contributed by atoms with Gasteiger partial charge in [0.25, 0.3) is 0 Å². The lowest BCUT2D eigenvalue weighted by Gasteiger charge is -2.35. The van der Waals surface area contributed by atoms with Crippen molar-refractivity contribution in [1.82, 2.24) is 4.98 Å². The van der Waals surface area contributed by atoms with Crippen molar-refractivity contribution in [3.8, 4) is 0 Å². The van der Waals surface area contributed by atoms with Gasteiger partial charge in [0, 0.05) is 23.0 Å². The summed E-state index contributed by atoms with van der Waals surface area (Å²) in [5.74, 6) is -0.0224. The fourth-order valence-corrected chi connectivity index (χ4v) is 5.91. The van der Waals surface area contributed by atoms with Crippen molar-refractivity contribution in [3.63, 3.8) is 0 Å². The van der Waals surface area contributed by atoms with Gasteiger partial charge in [0.05, 0.1) is 42.3 Å². The minimum absolute atomic E-state index is 0.0224. The van der Waals surface area contributed by atoms with Crippen molar-refractivity contribution in [2.75, 3.05) is 30.4 Å². The van der Waals surface area contributed by atoms with E-state index < -0.39 is 7.60 Å². The summed E-state index contributed by atoms with van der Waals surface area (Å²) in [6.45, 7) is 5.00. The molecule has 0 radical (unpaired) electrons. The molecule has 33 heavy (non-hydrogen) atoms. The Balaban J connectivity index is 1.44. The molecule has 170 valence electrons. The van der Waals surface area contributed by atoms with Gasteiger partial charge in [-0.25, -0.2) is 0 Å². The quantitative estimate of drug-likeness (QED) is 0.489. The first-order valence-electron chi connectivity index (χ1n) is 10.9. The number of carbonyl (C=O) groups is 1. The number of aromatic nitrogens is 1. The Morgan fingerprint density at radius 1 is 1.18 bits per heavy atom. The Hall–Kier alpha value is -2.99. The SMILES string of the molecule is CC1(C)COP(=O)(C(=Cc2ccc3c(c2)CC(=O)N3)CNc2cnc3ccccc3c2)OC1. The van der Waals surface area contributed by atoms with Crippen molar-refractivity contribution in [1.29, 1.82) is 0 Å². The van der Waals surface area contributed by atoms with Crippen LogP contribution < -0.4 is 10.6 Å². The molecule has 0 spiro atoms. The van der Waals surface area contributed by atoms with E-state index in [-0.39, 0.29) is 17.9 Å². The molecule has 0 atom stereocenters. The third-order valence-electron chi connectivity index (χ3n) is 5.75. The minimum Gasteiger partial charge on any atom is -0.379 e. The molecule has 0 saturated carbocycles. The third-order valence-corrected chi connectivity index (χ3v) is 7.68. The van der Waals surface area contributed by atoms with E-state index in [9.17, 15) is 9.36 Å². The first-order valence-corrected chi connectivity index (χ1v) is 12.5. The van der Waals surface area contributed by atoms with Crippen molar-refractivity contribution in [2.45, 2.75) is 20.3 Å². The number of nitrogens with zero attached hydrogens (tertiary/aromatic N) is 1. The largest absolute Gasteiger partial charge is 0.379 e. The standard InChI is InChI=1S/C25H26N3O4P/c1-25(2)15-31-33(30,32-16-25)21(10-17-7-8-23-19(9-17)12-24(29)28-23)14-26-20-11-18-5-3-4-6-22(18)27-13-20/h3-11,13,26H,12,14-16H2,1-2H3,(H,28,29). The molecule has 0 aliphatic carbocycles. The molecule has 0 bridgehead atoms. The maximum atomic E-state index is 13.7. The number of fused-ring (bicyclic) bond motifs is 2. The molecule has 1 amide bonds. The third kappa shape index (κ3) is 4.71. The van der Waals surface area contributed by atoms with Crippen molar-refractivity contribution in [3.05, 3.63) is 71.2 Å². The van der Waals surface area contributed by atoms with E-state index in [1.165, 1.54) is 0 Å². The summed E-state index contributed by atoms with van der Waals surface area (Å²) in [5, 5.41) is 7.71. The molecule has 1 aromatic heterocycles. The molecule has 2 aromatic carbocycles. The van der Waals surface area contributed by atoms with Gasteiger partial charge in [-0.1, -0.05) is 38.1 Å². The van der Waals surface area contributed by atoms with Gasteiger partial charge in [-0.05, 0) is 41.5 Å². The van der Waals surface area contributed by atoms with Gasteiger partial charge in [-0.2, -0.15) is 0 Å². The van der Waals surface area contributed by atoms with E-state index in [2.05, 4.69) is 15.6 Å². The molecular formula is C25H26N3O4P. The van der Waals surface area contributed by atoms with Crippen LogP contribution in [0.1, 0.15) is 25.0 Å². The molecule has 2 N–H and O–H groups in total. The number of pyridine rings is 1. The fourth-order valence-electron chi connectivity index (χ4n) is 3.88. The fraction of sp³-hybridized carbons (Fsp3) is 0.280. The van der Waals surface area contributed by atoms with E-state index in [4.69, 9.17) is 9.05 Å². The number of nitrogens with one attached hydrogen (secondary N) is 2. The van der Waals surface area contributed by atoms with E-state index in [0.29, 0.717) is 24.9 Å². The van der Waals surface area contributed by atoms with E-state index >= 15 is 0 Å². The highest BCUT2D eigenvalue weighted by Gasteiger charge is 2.39. The van der Waals surface area contributed by atoms with Crippen molar-refractivity contribution < 1.29 is 18.4 Å². The lowest BCUT2D eigenvalue weighted by molar-refractivity contribution is -0.115. The van der Waals surface area contributed by atoms with Crippen molar-refractivity contribution in [2.24, 2.45) is 5.41 Å². The van der Waals surface area contributed by atoms with Crippen LogP contribution in [0, 0.1) is 5.41 Å². The Morgan fingerprint density at radius 2 is 1.97 bits per heavy atom. The Labute approximate surface area is 192 Å². The maximum absolute atomic E-state index is 13.7. The molecule has 1 fully saturated rings. The van der Waals surface area contributed by atoms with Crippen LogP contribution in [0.15, 0.2) is 60.0 Å². The maximum Gasteiger partial charge on any atom is 0.359 e. The summed E-state index contributed by atoms with van der Waals surface area (Å²) >= 11 is 0. The summed E-state index contributed by atoms with van der Waals surface area (Å²) in [6.07, 6.45) is 3.93. The van der Waals surface area contributed by atoms with E-state index in [0.717, 1.165) is 33.4 Å². The van der Waals surface area contributed by atoms with E-state index in [1.807, 2.05) is 68.5 Å². The number of rotatable bonds is 5. The second kappa shape index (κ2) is 8.41. The molecular weight excluding hydrogens is 437 g/mol. The van der Waals surface area contributed by atoms with Crippen LogP contribution in [-0.2, 0) is 24.8 Å². The van der Waals surface area contributed by atoms with Crippen LogP contribution in [0.3, 0.4) is 0 Å². The van der Waals surface area contributed by atoms with Gasteiger partial charge in [-0.15, -0.1) is 0 Å². The second-order valence-electron chi connectivity index (χ2n) is 9.26. The smallest absolute Gasteiger partial charge is 0.359 e. The average Bonchev–Trinajstić information content (AvgIpc) is 3.18. The number of para-hydroxylation sites is 1. The number of carbonyl (C=O) groups excluding carboxylic acids is 1. The highest BCUT2D eigenvalue weighted by Crippen LogP contribution is 2.60. The highest BCUT2D eigenvalue weighted by atomic mass is 31.2. The zero-order valence-electron chi connectivity index (χ0n) is 18.6. The number of benzene rings is 2. The zero-order chi connectivity index (χ0) is 23.1. The van der Waals surface area contributed by atoms with Crippen LogP contribution in [0.4, 0.5) is 11.4 Å². The van der Waals surface area contributed by atoms with Crippen LogP contribution >= 0.6 is 7.60 Å². The van der Waals surface area contributed by atoms with Crippen molar-refractivity contribution >= 4 is 41.9 Å². The molecule has 5 rings (SSSR count). The summed E-state index contributed by atoms with van der Waals surface area (Å²) in [4.78, 5) is 16.2. The van der Waals surface area contributed by atoms with Gasteiger partial charge in [0.1, 0.15) is 0 Å². The second-order valence-corrected chi connectivity index (χ2v) is 11.3. The predicted molar refractivity (Wildman–Crippen MR) is 130 cm³/mol. The summed E-state index contributed by atoms with van der Waals surface area (Å²) < 4.78 is 25.4. The topological polar surface area (TPSA) is 89.6 Å². The predicted octanol–water partition coefficient (Wildman–Crippen LogP) is 5.45. The first kappa shape index (κ1) is 21.8. The average molecular weight is 463 g/mol. The Morgan fingerprint density at radius 3 is 2.79 bits per heavy atom. The van der Waals surface area contributed by atoms with Gasteiger partial charge in [0.15, 0.2) is 0 Å². The minimum atomic E-state index is -3.49. The number of hydrogen-bond donors (Lipinski definition) is 2. The van der Waals surface area contributed by atoms with Crippen LogP contribution in [-0.4, -0.2) is 30.6 Å². The van der Waals surface area contributed by atoms with Gasteiger partial charge in [-0.3, -0.25) is 14.3 Å².